The van der Waals surface area contributed by atoms with Crippen LogP contribution in [0.15, 0.2) is 47.7 Å². The topological polar surface area (TPSA) is 64.2 Å². The highest BCUT2D eigenvalue weighted by Gasteiger charge is 2.10. The summed E-state index contributed by atoms with van der Waals surface area (Å²) in [6, 6.07) is 11.6. The normalized spacial score (nSPS) is 11.4. The van der Waals surface area contributed by atoms with Gasteiger partial charge in [-0.05, 0) is 24.3 Å². The lowest BCUT2D eigenvalue weighted by atomic mass is 10.3. The van der Waals surface area contributed by atoms with Gasteiger partial charge in [0.1, 0.15) is 5.82 Å². The van der Waals surface area contributed by atoms with Crippen LogP contribution >= 0.6 is 0 Å². The van der Waals surface area contributed by atoms with Crippen molar-refractivity contribution in [3.05, 3.63) is 54.1 Å². The maximum Gasteiger partial charge on any atom is 0.247 e. The lowest BCUT2D eigenvalue weighted by Gasteiger charge is -2.01. The second-order valence-electron chi connectivity index (χ2n) is 5.09. The highest BCUT2D eigenvalue weighted by molar-refractivity contribution is 5.83. The summed E-state index contributed by atoms with van der Waals surface area (Å²) in [4.78, 5) is 16.4. The van der Waals surface area contributed by atoms with E-state index in [-0.39, 0.29) is 12.3 Å². The van der Waals surface area contributed by atoms with E-state index in [4.69, 9.17) is 0 Å². The van der Waals surface area contributed by atoms with Gasteiger partial charge in [0.25, 0.3) is 0 Å². The third-order valence-corrected chi connectivity index (χ3v) is 3.57. The number of benzene rings is 1. The molecule has 112 valence electrons. The van der Waals surface area contributed by atoms with E-state index in [0.717, 1.165) is 16.7 Å². The first-order valence-electron chi connectivity index (χ1n) is 6.99. The lowest BCUT2D eigenvalue weighted by Crippen LogP contribution is -2.21. The molecule has 0 radical (unpaired) electrons. The number of imidazole rings is 1. The molecule has 0 spiro atoms. The van der Waals surface area contributed by atoms with Crippen LogP contribution in [-0.4, -0.2) is 26.2 Å². The van der Waals surface area contributed by atoms with Crippen molar-refractivity contribution < 1.29 is 4.79 Å². The number of fused-ring (bicyclic) bond motifs is 1. The van der Waals surface area contributed by atoms with Crippen LogP contribution in [0.3, 0.4) is 0 Å². The maximum absolute atomic E-state index is 12.0. The largest absolute Gasteiger partial charge is 0.350 e. The SMILES string of the molecule is Cn1cccc1/C=N/NC(=O)Cc1nc2ccccc2n1C. The first kappa shape index (κ1) is 14.1. The second-order valence-corrected chi connectivity index (χ2v) is 5.09. The lowest BCUT2D eigenvalue weighted by molar-refractivity contribution is -0.120. The molecule has 3 rings (SSSR count). The molecule has 0 aliphatic carbocycles. The minimum atomic E-state index is -0.191. The van der Waals surface area contributed by atoms with E-state index >= 15 is 0 Å². The number of hydrogen-bond acceptors (Lipinski definition) is 3. The Labute approximate surface area is 128 Å². The van der Waals surface area contributed by atoms with Gasteiger partial charge in [-0.2, -0.15) is 5.10 Å². The average Bonchev–Trinajstić information content (AvgIpc) is 3.04. The fourth-order valence-electron chi connectivity index (χ4n) is 2.32. The number of nitrogens with one attached hydrogen (secondary N) is 1. The maximum atomic E-state index is 12.0. The molecule has 2 aromatic heterocycles. The summed E-state index contributed by atoms with van der Waals surface area (Å²) >= 11 is 0. The number of nitrogens with zero attached hydrogens (tertiary/aromatic N) is 4. The summed E-state index contributed by atoms with van der Waals surface area (Å²) in [5, 5.41) is 3.97. The van der Waals surface area contributed by atoms with Gasteiger partial charge in [0.2, 0.25) is 5.91 Å². The molecule has 0 unspecified atom stereocenters. The molecular weight excluding hydrogens is 278 g/mol. The molecule has 0 fully saturated rings. The molecule has 0 saturated heterocycles. The number of carbonyl (C=O) groups is 1. The van der Waals surface area contributed by atoms with Gasteiger partial charge in [0, 0.05) is 20.3 Å². The van der Waals surface area contributed by atoms with Crippen LogP contribution in [0.4, 0.5) is 0 Å². The third-order valence-electron chi connectivity index (χ3n) is 3.57. The molecule has 0 atom stereocenters. The molecule has 6 heteroatoms. The zero-order chi connectivity index (χ0) is 15.5. The Morgan fingerprint density at radius 2 is 2.09 bits per heavy atom. The fraction of sp³-hybridized carbons (Fsp3) is 0.188. The minimum Gasteiger partial charge on any atom is -0.350 e. The van der Waals surface area contributed by atoms with E-state index in [1.54, 1.807) is 6.21 Å². The van der Waals surface area contributed by atoms with E-state index in [9.17, 15) is 4.79 Å². The number of aryl methyl sites for hydroxylation is 2. The zero-order valence-corrected chi connectivity index (χ0v) is 12.5. The Bertz CT molecular complexity index is 843. The minimum absolute atomic E-state index is 0.190. The molecule has 2 heterocycles. The first-order chi connectivity index (χ1) is 10.6. The monoisotopic (exact) mass is 295 g/mol. The van der Waals surface area contributed by atoms with Crippen molar-refractivity contribution in [1.29, 1.82) is 0 Å². The zero-order valence-electron chi connectivity index (χ0n) is 12.5. The van der Waals surface area contributed by atoms with Crippen molar-refractivity contribution in [3.63, 3.8) is 0 Å². The van der Waals surface area contributed by atoms with Gasteiger partial charge in [-0.1, -0.05) is 12.1 Å². The van der Waals surface area contributed by atoms with E-state index < -0.39 is 0 Å². The molecule has 0 saturated carbocycles. The van der Waals surface area contributed by atoms with E-state index in [0.29, 0.717) is 5.82 Å². The van der Waals surface area contributed by atoms with Crippen LogP contribution in [0.25, 0.3) is 11.0 Å². The van der Waals surface area contributed by atoms with Crippen molar-refractivity contribution in [3.8, 4) is 0 Å². The van der Waals surface area contributed by atoms with Crippen LogP contribution in [0, 0.1) is 0 Å². The molecule has 1 aromatic carbocycles. The highest BCUT2D eigenvalue weighted by Crippen LogP contribution is 2.14. The van der Waals surface area contributed by atoms with E-state index in [2.05, 4.69) is 15.5 Å². The Kier molecular flexibility index (Phi) is 3.74. The van der Waals surface area contributed by atoms with Gasteiger partial charge >= 0.3 is 0 Å². The third kappa shape index (κ3) is 2.76. The smallest absolute Gasteiger partial charge is 0.247 e. The summed E-state index contributed by atoms with van der Waals surface area (Å²) in [5.41, 5.74) is 5.35. The second kappa shape index (κ2) is 5.85. The number of amides is 1. The molecule has 0 aliphatic heterocycles. The van der Waals surface area contributed by atoms with Crippen molar-refractivity contribution in [1.82, 2.24) is 19.5 Å². The quantitative estimate of drug-likeness (QED) is 0.587. The van der Waals surface area contributed by atoms with Crippen LogP contribution in [0.2, 0.25) is 0 Å². The molecule has 6 nitrogen and oxygen atoms in total. The average molecular weight is 295 g/mol. The van der Waals surface area contributed by atoms with Crippen LogP contribution in [-0.2, 0) is 25.3 Å². The number of carbonyl (C=O) groups excluding carboxylic acids is 1. The number of hydrazone groups is 1. The van der Waals surface area contributed by atoms with Gasteiger partial charge in [0.05, 0.1) is 29.4 Å². The van der Waals surface area contributed by atoms with Gasteiger partial charge in [-0.15, -0.1) is 0 Å². The van der Waals surface area contributed by atoms with Gasteiger partial charge in [0.15, 0.2) is 0 Å². The molecule has 1 amide bonds. The standard InChI is InChI=1S/C16H17N5O/c1-20-9-5-6-12(20)11-17-19-16(22)10-15-18-13-7-3-4-8-14(13)21(15)2/h3-9,11H,10H2,1-2H3,(H,19,22)/b17-11+. The first-order valence-corrected chi connectivity index (χ1v) is 6.99. The van der Waals surface area contributed by atoms with E-state index in [1.165, 1.54) is 0 Å². The molecule has 22 heavy (non-hydrogen) atoms. The van der Waals surface area contributed by atoms with Gasteiger partial charge in [-0.25, -0.2) is 10.4 Å². The summed E-state index contributed by atoms with van der Waals surface area (Å²) in [5.74, 6) is 0.525. The molecule has 0 bridgehead atoms. The Morgan fingerprint density at radius 1 is 1.27 bits per heavy atom. The Hall–Kier alpha value is -2.89. The Morgan fingerprint density at radius 3 is 2.82 bits per heavy atom. The van der Waals surface area contributed by atoms with Crippen LogP contribution in [0.1, 0.15) is 11.5 Å². The van der Waals surface area contributed by atoms with E-state index in [1.807, 2.05) is 65.8 Å². The molecule has 3 aromatic rings. The molecule has 0 aliphatic rings. The molecular formula is C16H17N5O. The van der Waals surface area contributed by atoms with Gasteiger partial charge in [-0.3, -0.25) is 4.79 Å². The summed E-state index contributed by atoms with van der Waals surface area (Å²) < 4.78 is 3.84. The predicted molar refractivity (Wildman–Crippen MR) is 85.6 cm³/mol. The van der Waals surface area contributed by atoms with Crippen LogP contribution < -0.4 is 5.43 Å². The van der Waals surface area contributed by atoms with Crippen molar-refractivity contribution in [2.75, 3.05) is 0 Å². The van der Waals surface area contributed by atoms with Crippen molar-refractivity contribution in [2.45, 2.75) is 6.42 Å². The van der Waals surface area contributed by atoms with Crippen LogP contribution in [0.5, 0.6) is 0 Å². The summed E-state index contributed by atoms with van der Waals surface area (Å²) in [7, 11) is 3.83. The Balaban J connectivity index is 1.67. The fourth-order valence-corrected chi connectivity index (χ4v) is 2.32. The highest BCUT2D eigenvalue weighted by atomic mass is 16.2. The summed E-state index contributed by atoms with van der Waals surface area (Å²) in [6.07, 6.45) is 3.73. The number of rotatable bonds is 4. The number of aromatic nitrogens is 3. The van der Waals surface area contributed by atoms with Gasteiger partial charge < -0.3 is 9.13 Å². The van der Waals surface area contributed by atoms with Crippen molar-refractivity contribution in [2.24, 2.45) is 19.2 Å². The van der Waals surface area contributed by atoms with Crippen molar-refractivity contribution >= 4 is 23.2 Å². The predicted octanol–water partition coefficient (Wildman–Crippen LogP) is 1.60. The number of para-hydroxylation sites is 2. The summed E-state index contributed by atoms with van der Waals surface area (Å²) in [6.45, 7) is 0. The molecule has 1 N–H and O–H groups in total. The number of hydrogen-bond donors (Lipinski definition) is 1.